The van der Waals surface area contributed by atoms with E-state index in [1.165, 1.54) is 37.7 Å². The molecule has 0 saturated carbocycles. The number of aromatic hydroxyl groups is 1. The van der Waals surface area contributed by atoms with Crippen molar-refractivity contribution in [3.05, 3.63) is 83.4 Å². The van der Waals surface area contributed by atoms with Crippen LogP contribution in [-0.2, 0) is 21.3 Å². The fourth-order valence-corrected chi connectivity index (χ4v) is 6.80. The van der Waals surface area contributed by atoms with Gasteiger partial charge >= 0.3 is 0 Å². The smallest absolute Gasteiger partial charge is 0.268 e. The van der Waals surface area contributed by atoms with Gasteiger partial charge in [-0.1, -0.05) is 45.0 Å². The molecule has 3 heterocycles. The predicted octanol–water partition coefficient (Wildman–Crippen LogP) is 4.89. The van der Waals surface area contributed by atoms with E-state index in [1.54, 1.807) is 17.0 Å². The maximum absolute atomic E-state index is 14.3. The Bertz CT molecular complexity index is 1820. The van der Waals surface area contributed by atoms with Gasteiger partial charge < -0.3 is 19.5 Å². The van der Waals surface area contributed by atoms with Crippen molar-refractivity contribution in [2.45, 2.75) is 58.5 Å². The summed E-state index contributed by atoms with van der Waals surface area (Å²) in [4.78, 5) is 33.5. The highest BCUT2D eigenvalue weighted by atomic mass is 32.2. The topological polar surface area (TPSA) is 148 Å². The molecule has 1 atom stereocenters. The number of hydrogen-bond donors (Lipinski definition) is 1. The lowest BCUT2D eigenvalue weighted by molar-refractivity contribution is 0.0505. The number of sulfonamides is 1. The van der Waals surface area contributed by atoms with Crippen LogP contribution in [0.2, 0.25) is 0 Å². The van der Waals surface area contributed by atoms with Crippen LogP contribution in [0.4, 0.5) is 5.95 Å². The third-order valence-corrected chi connectivity index (χ3v) is 9.24. The summed E-state index contributed by atoms with van der Waals surface area (Å²) in [5, 5.41) is 9.75. The minimum Gasteiger partial charge on any atom is -0.505 e. The van der Waals surface area contributed by atoms with E-state index in [2.05, 4.69) is 35.7 Å². The molecule has 0 spiro atoms. The Morgan fingerprint density at radius 3 is 2.35 bits per heavy atom. The van der Waals surface area contributed by atoms with E-state index >= 15 is 0 Å². The van der Waals surface area contributed by atoms with Crippen molar-refractivity contribution >= 4 is 21.9 Å². The van der Waals surface area contributed by atoms with Crippen LogP contribution in [0.3, 0.4) is 0 Å². The summed E-state index contributed by atoms with van der Waals surface area (Å²) >= 11 is 0. The number of benzene rings is 2. The molecular formula is C33H38N6O6S. The van der Waals surface area contributed by atoms with Gasteiger partial charge in [0.2, 0.25) is 11.8 Å². The number of aryl methyl sites for hydroxylation is 2. The quantitative estimate of drug-likeness (QED) is 0.307. The number of aromatic nitrogens is 4. The lowest BCUT2D eigenvalue weighted by atomic mass is 9.87. The lowest BCUT2D eigenvalue weighted by Gasteiger charge is -2.35. The molecule has 1 aliphatic rings. The summed E-state index contributed by atoms with van der Waals surface area (Å²) < 4.78 is 41.1. The molecule has 1 amide bonds. The molecule has 0 fully saturated rings. The van der Waals surface area contributed by atoms with Crippen molar-refractivity contribution in [3.63, 3.8) is 0 Å². The van der Waals surface area contributed by atoms with E-state index < -0.39 is 22.0 Å². The number of carbonyl (C=O) groups excluding carboxylic acids is 1. The van der Waals surface area contributed by atoms with Gasteiger partial charge in [0.25, 0.3) is 15.9 Å². The molecule has 1 N–H and O–H groups in total. The van der Waals surface area contributed by atoms with Crippen molar-refractivity contribution in [2.75, 3.05) is 24.8 Å². The lowest BCUT2D eigenvalue weighted by Crippen LogP contribution is -2.45. The highest BCUT2D eigenvalue weighted by molar-refractivity contribution is 7.92. The number of methoxy groups -OCH3 is 1. The number of amides is 1. The number of rotatable bonds is 6. The molecule has 242 valence electrons. The average molecular weight is 647 g/mol. The van der Waals surface area contributed by atoms with Gasteiger partial charge in [-0.05, 0) is 55.0 Å². The van der Waals surface area contributed by atoms with Gasteiger partial charge in [-0.15, -0.1) is 0 Å². The van der Waals surface area contributed by atoms with E-state index in [1.807, 2.05) is 32.0 Å². The van der Waals surface area contributed by atoms with Crippen LogP contribution < -0.4 is 9.04 Å². The second-order valence-electron chi connectivity index (χ2n) is 12.5. The molecule has 4 aromatic rings. The van der Waals surface area contributed by atoms with Gasteiger partial charge in [0.15, 0.2) is 5.75 Å². The Kier molecular flexibility index (Phi) is 9.27. The maximum Gasteiger partial charge on any atom is 0.268 e. The van der Waals surface area contributed by atoms with Crippen molar-refractivity contribution < 1.29 is 27.8 Å². The molecule has 46 heavy (non-hydrogen) atoms. The molecule has 0 saturated heterocycles. The van der Waals surface area contributed by atoms with E-state index in [0.717, 1.165) is 21.0 Å². The SMILES string of the molecule is COCN1c2nc(cc(-c3c(C)cccc3C)n2)OC[C@@H](CC(C)(C)C)N(Cc2ncc(O)cn2)C(=O)c2cccc(c2)S1(=O)=O. The third-order valence-electron chi connectivity index (χ3n) is 7.54. The normalized spacial score (nSPS) is 16.7. The zero-order valence-electron chi connectivity index (χ0n) is 26.8. The summed E-state index contributed by atoms with van der Waals surface area (Å²) in [6.45, 7) is 9.72. The largest absolute Gasteiger partial charge is 0.505 e. The Morgan fingerprint density at radius 1 is 1.02 bits per heavy atom. The van der Waals surface area contributed by atoms with E-state index in [9.17, 15) is 18.3 Å². The molecule has 0 radical (unpaired) electrons. The van der Waals surface area contributed by atoms with Crippen LogP contribution in [-0.4, -0.2) is 70.8 Å². The summed E-state index contributed by atoms with van der Waals surface area (Å²) in [7, 11) is -2.94. The van der Waals surface area contributed by atoms with Gasteiger partial charge in [-0.3, -0.25) is 4.79 Å². The molecule has 4 bridgehead atoms. The molecule has 13 heteroatoms. The van der Waals surface area contributed by atoms with Crippen LogP contribution in [0.1, 0.15) is 54.5 Å². The van der Waals surface area contributed by atoms with Crippen LogP contribution in [0.15, 0.2) is 65.8 Å². The monoisotopic (exact) mass is 646 g/mol. The Hall–Kier alpha value is -4.62. The maximum atomic E-state index is 14.3. The van der Waals surface area contributed by atoms with Crippen molar-refractivity contribution in [2.24, 2.45) is 5.41 Å². The van der Waals surface area contributed by atoms with Crippen molar-refractivity contribution in [1.29, 1.82) is 0 Å². The van der Waals surface area contributed by atoms with Gasteiger partial charge in [0.05, 0.1) is 35.6 Å². The summed E-state index contributed by atoms with van der Waals surface area (Å²) in [5.74, 6) is -0.233. The third kappa shape index (κ3) is 7.10. The standard InChI is InChI=1S/C33H38N6O6S/c1-21-9-7-10-22(2)30(21)27-14-29-37-32(36-27)39(20-44-6)46(42,43)26-12-8-11-23(13-26)31(41)38(18-28-34-16-25(40)17-35-28)24(19-45-29)15-33(3,4)5/h7-14,16-17,24,40H,15,18-20H2,1-6H3/t24-/m1/s1. The molecule has 2 aromatic carbocycles. The second-order valence-corrected chi connectivity index (χ2v) is 14.3. The zero-order valence-corrected chi connectivity index (χ0v) is 27.6. The summed E-state index contributed by atoms with van der Waals surface area (Å²) in [6, 6.07) is 12.9. The van der Waals surface area contributed by atoms with Gasteiger partial charge in [0.1, 0.15) is 19.2 Å². The first-order valence-corrected chi connectivity index (χ1v) is 16.2. The highest BCUT2D eigenvalue weighted by Crippen LogP contribution is 2.33. The molecule has 12 nitrogen and oxygen atoms in total. The zero-order chi connectivity index (χ0) is 33.2. The Labute approximate surface area is 269 Å². The van der Waals surface area contributed by atoms with Crippen LogP contribution >= 0.6 is 0 Å². The predicted molar refractivity (Wildman–Crippen MR) is 172 cm³/mol. The van der Waals surface area contributed by atoms with Gasteiger partial charge in [-0.25, -0.2) is 27.7 Å². The molecule has 5 rings (SSSR count). The van der Waals surface area contributed by atoms with Gasteiger partial charge in [0, 0.05) is 24.3 Å². The Morgan fingerprint density at radius 2 is 1.70 bits per heavy atom. The first kappa shape index (κ1) is 32.8. The number of hydrogen-bond acceptors (Lipinski definition) is 10. The molecular weight excluding hydrogens is 608 g/mol. The number of ether oxygens (including phenoxy) is 2. The van der Waals surface area contributed by atoms with Crippen LogP contribution in [0.5, 0.6) is 11.6 Å². The van der Waals surface area contributed by atoms with E-state index in [0.29, 0.717) is 17.9 Å². The first-order valence-electron chi connectivity index (χ1n) is 14.8. The molecule has 2 aromatic heterocycles. The fourth-order valence-electron chi connectivity index (χ4n) is 5.48. The number of nitrogens with zero attached hydrogens (tertiary/aromatic N) is 6. The minimum absolute atomic E-state index is 0.0152. The molecule has 0 unspecified atom stereocenters. The number of fused-ring (bicyclic) bond motifs is 4. The second kappa shape index (κ2) is 13.0. The fraction of sp³-hybridized carbons (Fsp3) is 0.364. The number of carbonyl (C=O) groups is 1. The van der Waals surface area contributed by atoms with Crippen molar-refractivity contribution in [1.82, 2.24) is 24.8 Å². The van der Waals surface area contributed by atoms with Gasteiger partial charge in [-0.2, -0.15) is 4.98 Å². The first-order chi connectivity index (χ1) is 21.8. The average Bonchev–Trinajstić information content (AvgIpc) is 3.00. The van der Waals surface area contributed by atoms with Crippen LogP contribution in [0.25, 0.3) is 11.3 Å². The summed E-state index contributed by atoms with van der Waals surface area (Å²) in [6.07, 6.45) is 3.04. The number of anilines is 1. The highest BCUT2D eigenvalue weighted by Gasteiger charge is 2.34. The van der Waals surface area contributed by atoms with Crippen molar-refractivity contribution in [3.8, 4) is 22.9 Å². The Balaban J connectivity index is 1.74. The van der Waals surface area contributed by atoms with E-state index in [4.69, 9.17) is 14.5 Å². The van der Waals surface area contributed by atoms with E-state index in [-0.39, 0.29) is 53.3 Å². The summed E-state index contributed by atoms with van der Waals surface area (Å²) in [5.41, 5.74) is 3.10. The van der Waals surface area contributed by atoms with Crippen LogP contribution in [0, 0.1) is 19.3 Å². The molecule has 1 aliphatic heterocycles. The molecule has 0 aliphatic carbocycles. The minimum atomic E-state index is -4.32.